The SMILES string of the molecule is CCNCC1(CCSC)CC1. The van der Waals surface area contributed by atoms with Crippen LogP contribution in [0.5, 0.6) is 0 Å². The summed E-state index contributed by atoms with van der Waals surface area (Å²) in [6.45, 7) is 4.57. The minimum absolute atomic E-state index is 0.721. The molecule has 0 bridgehead atoms. The van der Waals surface area contributed by atoms with Gasteiger partial charge in [0, 0.05) is 6.54 Å². The first-order valence-electron chi connectivity index (χ1n) is 4.53. The normalized spacial score (nSPS) is 20.2. The molecule has 1 saturated carbocycles. The van der Waals surface area contributed by atoms with E-state index in [0.717, 1.165) is 12.0 Å². The third-order valence-corrected chi connectivity index (χ3v) is 3.16. The van der Waals surface area contributed by atoms with Gasteiger partial charge in [-0.2, -0.15) is 11.8 Å². The standard InChI is InChI=1S/C9H19NS/c1-3-10-8-9(4-5-9)6-7-11-2/h10H,3-8H2,1-2H3. The lowest BCUT2D eigenvalue weighted by molar-refractivity contribution is 0.454. The first-order valence-corrected chi connectivity index (χ1v) is 5.92. The molecule has 1 nitrogen and oxygen atoms in total. The molecule has 0 aromatic rings. The van der Waals surface area contributed by atoms with Gasteiger partial charge in [-0.05, 0) is 43.2 Å². The third-order valence-electron chi connectivity index (χ3n) is 2.54. The monoisotopic (exact) mass is 173 g/mol. The Balaban J connectivity index is 2.08. The van der Waals surface area contributed by atoms with Crippen LogP contribution in [0.1, 0.15) is 26.2 Å². The quantitative estimate of drug-likeness (QED) is 0.660. The summed E-state index contributed by atoms with van der Waals surface area (Å²) < 4.78 is 0. The van der Waals surface area contributed by atoms with Gasteiger partial charge in [-0.1, -0.05) is 6.92 Å². The molecule has 0 aromatic heterocycles. The number of thioether (sulfide) groups is 1. The highest BCUT2D eigenvalue weighted by molar-refractivity contribution is 7.98. The lowest BCUT2D eigenvalue weighted by Crippen LogP contribution is -2.24. The Hall–Kier alpha value is 0.310. The van der Waals surface area contributed by atoms with Gasteiger partial charge in [-0.25, -0.2) is 0 Å². The first kappa shape index (κ1) is 9.40. The van der Waals surface area contributed by atoms with Crippen LogP contribution >= 0.6 is 11.8 Å². The number of hydrogen-bond acceptors (Lipinski definition) is 2. The summed E-state index contributed by atoms with van der Waals surface area (Å²) in [5, 5.41) is 3.45. The molecule has 1 aliphatic carbocycles. The molecule has 2 heteroatoms. The fourth-order valence-corrected chi connectivity index (χ4v) is 2.04. The second-order valence-electron chi connectivity index (χ2n) is 3.52. The molecule has 1 rings (SSSR count). The van der Waals surface area contributed by atoms with Gasteiger partial charge < -0.3 is 5.32 Å². The fourth-order valence-electron chi connectivity index (χ4n) is 1.40. The van der Waals surface area contributed by atoms with Crippen LogP contribution in [0.4, 0.5) is 0 Å². The van der Waals surface area contributed by atoms with Crippen LogP contribution in [0.25, 0.3) is 0 Å². The Morgan fingerprint density at radius 1 is 1.45 bits per heavy atom. The van der Waals surface area contributed by atoms with Crippen LogP contribution in [0.15, 0.2) is 0 Å². The maximum Gasteiger partial charge on any atom is 0.000799 e. The van der Waals surface area contributed by atoms with Crippen molar-refractivity contribution in [1.82, 2.24) is 5.32 Å². The predicted octanol–water partition coefficient (Wildman–Crippen LogP) is 2.13. The molecule has 66 valence electrons. The lowest BCUT2D eigenvalue weighted by atomic mass is 10.0. The van der Waals surface area contributed by atoms with Gasteiger partial charge in [-0.15, -0.1) is 0 Å². The van der Waals surface area contributed by atoms with Crippen molar-refractivity contribution in [2.75, 3.05) is 25.1 Å². The Morgan fingerprint density at radius 2 is 2.18 bits per heavy atom. The minimum atomic E-state index is 0.721. The average Bonchev–Trinajstić information content (AvgIpc) is 2.79. The van der Waals surface area contributed by atoms with Crippen molar-refractivity contribution in [2.45, 2.75) is 26.2 Å². The van der Waals surface area contributed by atoms with E-state index in [1.165, 1.54) is 31.6 Å². The van der Waals surface area contributed by atoms with Gasteiger partial charge in [-0.3, -0.25) is 0 Å². The van der Waals surface area contributed by atoms with E-state index in [4.69, 9.17) is 0 Å². The van der Waals surface area contributed by atoms with Gasteiger partial charge in [0.15, 0.2) is 0 Å². The van der Waals surface area contributed by atoms with Crippen LogP contribution < -0.4 is 5.32 Å². The Kier molecular flexibility index (Phi) is 3.73. The second kappa shape index (κ2) is 4.36. The summed E-state index contributed by atoms with van der Waals surface area (Å²) in [7, 11) is 0. The zero-order valence-electron chi connectivity index (χ0n) is 7.65. The van der Waals surface area contributed by atoms with E-state index in [2.05, 4.69) is 18.5 Å². The summed E-state index contributed by atoms with van der Waals surface area (Å²) in [6, 6.07) is 0. The third kappa shape index (κ3) is 3.04. The zero-order chi connectivity index (χ0) is 8.16. The molecule has 0 radical (unpaired) electrons. The van der Waals surface area contributed by atoms with Crippen molar-refractivity contribution in [3.05, 3.63) is 0 Å². The van der Waals surface area contributed by atoms with Crippen molar-refractivity contribution < 1.29 is 0 Å². The van der Waals surface area contributed by atoms with E-state index in [9.17, 15) is 0 Å². The van der Waals surface area contributed by atoms with Gasteiger partial charge in [0.2, 0.25) is 0 Å². The van der Waals surface area contributed by atoms with E-state index in [0.29, 0.717) is 0 Å². The van der Waals surface area contributed by atoms with Gasteiger partial charge in [0.25, 0.3) is 0 Å². The molecule has 0 saturated heterocycles. The number of hydrogen-bond donors (Lipinski definition) is 1. The lowest BCUT2D eigenvalue weighted by Gasteiger charge is -2.13. The van der Waals surface area contributed by atoms with Crippen LogP contribution in [0.2, 0.25) is 0 Å². The topological polar surface area (TPSA) is 12.0 Å². The van der Waals surface area contributed by atoms with Crippen molar-refractivity contribution in [3.63, 3.8) is 0 Å². The highest BCUT2D eigenvalue weighted by Gasteiger charge is 2.40. The summed E-state index contributed by atoms with van der Waals surface area (Å²) in [6.07, 6.45) is 6.53. The molecule has 1 aliphatic rings. The molecule has 0 heterocycles. The zero-order valence-corrected chi connectivity index (χ0v) is 8.47. The van der Waals surface area contributed by atoms with Gasteiger partial charge in [0.05, 0.1) is 0 Å². The molecule has 0 amide bonds. The summed E-state index contributed by atoms with van der Waals surface area (Å²) in [4.78, 5) is 0. The molecule has 0 aliphatic heterocycles. The maximum atomic E-state index is 3.45. The fraction of sp³-hybridized carbons (Fsp3) is 1.00. The van der Waals surface area contributed by atoms with Crippen molar-refractivity contribution >= 4 is 11.8 Å². The maximum absolute atomic E-state index is 3.45. The van der Waals surface area contributed by atoms with Crippen LogP contribution in [-0.2, 0) is 0 Å². The Labute approximate surface area is 74.3 Å². The van der Waals surface area contributed by atoms with Crippen molar-refractivity contribution in [3.8, 4) is 0 Å². The largest absolute Gasteiger partial charge is 0.316 e. The highest BCUT2D eigenvalue weighted by atomic mass is 32.2. The van der Waals surface area contributed by atoms with Crippen molar-refractivity contribution in [2.24, 2.45) is 5.41 Å². The van der Waals surface area contributed by atoms with Crippen LogP contribution in [0, 0.1) is 5.41 Å². The average molecular weight is 173 g/mol. The van der Waals surface area contributed by atoms with Crippen molar-refractivity contribution in [1.29, 1.82) is 0 Å². The number of nitrogens with one attached hydrogen (secondary N) is 1. The van der Waals surface area contributed by atoms with E-state index in [-0.39, 0.29) is 0 Å². The smallest absolute Gasteiger partial charge is 0.000799 e. The van der Waals surface area contributed by atoms with E-state index in [1.54, 1.807) is 0 Å². The molecule has 1 N–H and O–H groups in total. The highest BCUT2D eigenvalue weighted by Crippen LogP contribution is 2.48. The predicted molar refractivity (Wildman–Crippen MR) is 53.2 cm³/mol. The molecular formula is C9H19NS. The van der Waals surface area contributed by atoms with Gasteiger partial charge >= 0.3 is 0 Å². The Bertz CT molecular complexity index is 100. The molecule has 0 unspecified atom stereocenters. The van der Waals surface area contributed by atoms with Crippen LogP contribution in [0.3, 0.4) is 0 Å². The minimum Gasteiger partial charge on any atom is -0.316 e. The first-order chi connectivity index (χ1) is 5.33. The Morgan fingerprint density at radius 3 is 2.64 bits per heavy atom. The molecule has 0 atom stereocenters. The molecular weight excluding hydrogens is 154 g/mol. The summed E-state index contributed by atoms with van der Waals surface area (Å²) in [5.74, 6) is 1.34. The molecule has 1 fully saturated rings. The molecule has 0 aromatic carbocycles. The van der Waals surface area contributed by atoms with E-state index in [1.807, 2.05) is 11.8 Å². The van der Waals surface area contributed by atoms with Crippen LogP contribution in [-0.4, -0.2) is 25.1 Å². The molecule has 0 spiro atoms. The number of rotatable bonds is 6. The van der Waals surface area contributed by atoms with E-state index >= 15 is 0 Å². The molecule has 11 heavy (non-hydrogen) atoms. The summed E-state index contributed by atoms with van der Waals surface area (Å²) in [5.41, 5.74) is 0.721. The van der Waals surface area contributed by atoms with E-state index < -0.39 is 0 Å². The summed E-state index contributed by atoms with van der Waals surface area (Å²) >= 11 is 1.97. The van der Waals surface area contributed by atoms with Gasteiger partial charge in [0.1, 0.15) is 0 Å². The second-order valence-corrected chi connectivity index (χ2v) is 4.51.